The molecule has 2 aromatic heterocycles. The topological polar surface area (TPSA) is 59.9 Å². The Morgan fingerprint density at radius 2 is 1.83 bits per heavy atom. The molecule has 2 aromatic carbocycles. The predicted octanol–water partition coefficient (Wildman–Crippen LogP) is 5.47. The highest BCUT2D eigenvalue weighted by atomic mass is 19.2. The molecule has 1 N–H and O–H groups in total. The highest BCUT2D eigenvalue weighted by molar-refractivity contribution is 5.97. The van der Waals surface area contributed by atoms with Crippen LogP contribution in [0.3, 0.4) is 0 Å². The fourth-order valence-electron chi connectivity index (χ4n) is 3.18. The monoisotopic (exact) mass is 406 g/mol. The molecule has 0 spiro atoms. The van der Waals surface area contributed by atoms with Crippen LogP contribution in [0.4, 0.5) is 14.6 Å². The molecule has 0 bridgehead atoms. The number of halogens is 2. The number of pyridine rings is 1. The molecule has 0 radical (unpaired) electrons. The summed E-state index contributed by atoms with van der Waals surface area (Å²) in [5, 5.41) is 3.82. The first-order valence-corrected chi connectivity index (χ1v) is 9.63. The molecule has 0 saturated carbocycles. The summed E-state index contributed by atoms with van der Waals surface area (Å²) in [7, 11) is 1.77. The molecular formula is C23H20F2N4O. The van der Waals surface area contributed by atoms with E-state index in [2.05, 4.69) is 15.3 Å². The first-order valence-electron chi connectivity index (χ1n) is 9.63. The SMILES string of the molecule is CCCOc1cc(-c2ccc(F)c(F)c2)cc2c(NC)nc(-c3cccnc3)nc12. The van der Waals surface area contributed by atoms with Crippen molar-refractivity contribution in [2.24, 2.45) is 0 Å². The Morgan fingerprint density at radius 1 is 0.967 bits per heavy atom. The van der Waals surface area contributed by atoms with Crippen LogP contribution >= 0.6 is 0 Å². The normalized spacial score (nSPS) is 10.9. The largest absolute Gasteiger partial charge is 0.491 e. The van der Waals surface area contributed by atoms with Crippen LogP contribution in [0.1, 0.15) is 13.3 Å². The zero-order valence-electron chi connectivity index (χ0n) is 16.6. The van der Waals surface area contributed by atoms with E-state index in [1.165, 1.54) is 12.1 Å². The van der Waals surface area contributed by atoms with Gasteiger partial charge in [-0.15, -0.1) is 0 Å². The lowest BCUT2D eigenvalue weighted by atomic mass is 10.0. The molecule has 0 saturated heterocycles. The molecule has 0 fully saturated rings. The number of anilines is 1. The van der Waals surface area contributed by atoms with E-state index in [4.69, 9.17) is 9.72 Å². The molecule has 5 nitrogen and oxygen atoms in total. The van der Waals surface area contributed by atoms with Crippen LogP contribution in [0.2, 0.25) is 0 Å². The third-order valence-electron chi connectivity index (χ3n) is 4.64. The summed E-state index contributed by atoms with van der Waals surface area (Å²) < 4.78 is 33.2. The summed E-state index contributed by atoms with van der Waals surface area (Å²) in [6, 6.07) is 11.2. The molecular weight excluding hydrogens is 386 g/mol. The Morgan fingerprint density at radius 3 is 2.53 bits per heavy atom. The number of hydrogen-bond donors (Lipinski definition) is 1. The van der Waals surface area contributed by atoms with Gasteiger partial charge in [-0.05, 0) is 53.9 Å². The van der Waals surface area contributed by atoms with Gasteiger partial charge in [-0.3, -0.25) is 4.98 Å². The molecule has 0 amide bonds. The second-order valence-electron chi connectivity index (χ2n) is 6.74. The molecule has 0 unspecified atom stereocenters. The van der Waals surface area contributed by atoms with Gasteiger partial charge in [0.25, 0.3) is 0 Å². The maximum Gasteiger partial charge on any atom is 0.163 e. The molecule has 0 aliphatic rings. The number of hydrogen-bond acceptors (Lipinski definition) is 5. The van der Waals surface area contributed by atoms with Gasteiger partial charge >= 0.3 is 0 Å². The van der Waals surface area contributed by atoms with Crippen molar-refractivity contribution >= 4 is 16.7 Å². The Kier molecular flexibility index (Phi) is 5.52. The van der Waals surface area contributed by atoms with Crippen LogP contribution < -0.4 is 10.1 Å². The Hall–Kier alpha value is -3.61. The molecule has 0 aliphatic carbocycles. The molecule has 152 valence electrons. The minimum atomic E-state index is -0.902. The minimum absolute atomic E-state index is 0.497. The van der Waals surface area contributed by atoms with Gasteiger partial charge in [-0.2, -0.15) is 0 Å². The number of ether oxygens (including phenoxy) is 1. The Balaban J connectivity index is 1.95. The smallest absolute Gasteiger partial charge is 0.163 e. The van der Waals surface area contributed by atoms with E-state index in [0.717, 1.165) is 23.4 Å². The zero-order valence-corrected chi connectivity index (χ0v) is 16.6. The van der Waals surface area contributed by atoms with Gasteiger partial charge in [0.2, 0.25) is 0 Å². The van der Waals surface area contributed by atoms with Crippen molar-refractivity contribution in [3.05, 3.63) is 66.5 Å². The van der Waals surface area contributed by atoms with Gasteiger partial charge in [-0.1, -0.05) is 13.0 Å². The van der Waals surface area contributed by atoms with E-state index in [1.54, 1.807) is 25.5 Å². The maximum absolute atomic E-state index is 13.8. The molecule has 4 aromatic rings. The van der Waals surface area contributed by atoms with Crippen LogP contribution in [0, 0.1) is 11.6 Å². The highest BCUT2D eigenvalue weighted by Gasteiger charge is 2.16. The predicted molar refractivity (Wildman–Crippen MR) is 113 cm³/mol. The van der Waals surface area contributed by atoms with Crippen molar-refractivity contribution in [1.82, 2.24) is 15.0 Å². The first-order chi connectivity index (χ1) is 14.6. The average molecular weight is 406 g/mol. The van der Waals surface area contributed by atoms with E-state index in [-0.39, 0.29) is 0 Å². The summed E-state index contributed by atoms with van der Waals surface area (Å²) in [6.45, 7) is 2.51. The van der Waals surface area contributed by atoms with Crippen LogP contribution in [0.15, 0.2) is 54.9 Å². The zero-order chi connectivity index (χ0) is 21.1. The number of fused-ring (bicyclic) bond motifs is 1. The first kappa shape index (κ1) is 19.7. The maximum atomic E-state index is 13.8. The van der Waals surface area contributed by atoms with E-state index in [0.29, 0.717) is 40.6 Å². The molecule has 7 heteroatoms. The fraction of sp³-hybridized carbons (Fsp3) is 0.174. The lowest BCUT2D eigenvalue weighted by Crippen LogP contribution is -2.03. The molecule has 30 heavy (non-hydrogen) atoms. The van der Waals surface area contributed by atoms with Gasteiger partial charge in [0.15, 0.2) is 17.5 Å². The highest BCUT2D eigenvalue weighted by Crippen LogP contribution is 2.36. The third kappa shape index (κ3) is 3.78. The van der Waals surface area contributed by atoms with Gasteiger partial charge in [0, 0.05) is 30.4 Å². The number of nitrogens with one attached hydrogen (secondary N) is 1. The van der Waals surface area contributed by atoms with E-state index in [1.807, 2.05) is 25.1 Å². The summed E-state index contributed by atoms with van der Waals surface area (Å²) in [6.07, 6.45) is 4.20. The van der Waals surface area contributed by atoms with E-state index >= 15 is 0 Å². The molecule has 0 atom stereocenters. The molecule has 2 heterocycles. The van der Waals surface area contributed by atoms with Crippen molar-refractivity contribution in [2.45, 2.75) is 13.3 Å². The number of benzene rings is 2. The second kappa shape index (κ2) is 8.41. The third-order valence-corrected chi connectivity index (χ3v) is 4.64. The van der Waals surface area contributed by atoms with Gasteiger partial charge < -0.3 is 10.1 Å². The summed E-state index contributed by atoms with van der Waals surface area (Å²) in [5.74, 6) is -0.118. The number of aromatic nitrogens is 3. The van der Waals surface area contributed by atoms with Gasteiger partial charge in [0.1, 0.15) is 17.1 Å². The second-order valence-corrected chi connectivity index (χ2v) is 6.74. The van der Waals surface area contributed by atoms with Crippen molar-refractivity contribution in [2.75, 3.05) is 19.0 Å². The Bertz CT molecular complexity index is 1200. The van der Waals surface area contributed by atoms with Crippen LogP contribution in [0.5, 0.6) is 5.75 Å². The number of nitrogens with zero attached hydrogens (tertiary/aromatic N) is 3. The lowest BCUT2D eigenvalue weighted by Gasteiger charge is -2.15. The van der Waals surface area contributed by atoms with E-state index in [9.17, 15) is 8.78 Å². The summed E-state index contributed by atoms with van der Waals surface area (Å²) in [4.78, 5) is 13.5. The Labute approximate surface area is 172 Å². The lowest BCUT2D eigenvalue weighted by molar-refractivity contribution is 0.320. The van der Waals surface area contributed by atoms with Crippen LogP contribution in [-0.2, 0) is 0 Å². The van der Waals surface area contributed by atoms with Crippen LogP contribution in [0.25, 0.3) is 33.4 Å². The van der Waals surface area contributed by atoms with Gasteiger partial charge in [0.05, 0.1) is 6.61 Å². The van der Waals surface area contributed by atoms with Crippen molar-refractivity contribution < 1.29 is 13.5 Å². The standard InChI is InChI=1S/C23H20F2N4O/c1-3-9-30-20-12-16(14-6-7-18(24)19(25)11-14)10-17-21(20)28-22(29-23(17)26-2)15-5-4-8-27-13-15/h4-8,10-13H,3,9H2,1-2H3,(H,26,28,29). The average Bonchev–Trinajstić information content (AvgIpc) is 2.79. The summed E-state index contributed by atoms with van der Waals surface area (Å²) in [5.41, 5.74) is 2.63. The van der Waals surface area contributed by atoms with Crippen molar-refractivity contribution in [3.8, 4) is 28.3 Å². The summed E-state index contributed by atoms with van der Waals surface area (Å²) >= 11 is 0. The number of rotatable bonds is 6. The molecule has 0 aliphatic heterocycles. The van der Waals surface area contributed by atoms with E-state index < -0.39 is 11.6 Å². The minimum Gasteiger partial charge on any atom is -0.491 e. The van der Waals surface area contributed by atoms with Crippen molar-refractivity contribution in [1.29, 1.82) is 0 Å². The quantitative estimate of drug-likeness (QED) is 0.460. The van der Waals surface area contributed by atoms with Crippen LogP contribution in [-0.4, -0.2) is 28.6 Å². The van der Waals surface area contributed by atoms with Crippen molar-refractivity contribution in [3.63, 3.8) is 0 Å². The van der Waals surface area contributed by atoms with Gasteiger partial charge in [-0.25, -0.2) is 18.7 Å². The fourth-order valence-corrected chi connectivity index (χ4v) is 3.18. The molecule has 4 rings (SSSR count).